The lowest BCUT2D eigenvalue weighted by Crippen LogP contribution is -2.46. The number of amides is 2. The van der Waals surface area contributed by atoms with Crippen LogP contribution < -0.4 is 10.2 Å². The van der Waals surface area contributed by atoms with E-state index >= 15 is 0 Å². The zero-order valence-corrected chi connectivity index (χ0v) is 23.7. The lowest BCUT2D eigenvalue weighted by molar-refractivity contribution is 0.0709. The molecule has 1 aromatic heterocycles. The van der Waals surface area contributed by atoms with Gasteiger partial charge in [-0.1, -0.05) is 42.6 Å². The van der Waals surface area contributed by atoms with E-state index in [9.17, 15) is 9.59 Å². The summed E-state index contributed by atoms with van der Waals surface area (Å²) in [5.74, 6) is 2.32. The third-order valence-electron chi connectivity index (χ3n) is 8.93. The van der Waals surface area contributed by atoms with Gasteiger partial charge in [-0.25, -0.2) is 9.97 Å². The van der Waals surface area contributed by atoms with Crippen LogP contribution >= 0.6 is 11.6 Å². The summed E-state index contributed by atoms with van der Waals surface area (Å²) in [5, 5.41) is 3.56. The summed E-state index contributed by atoms with van der Waals surface area (Å²) in [7, 11) is 1.91. The topological polar surface area (TPSA) is 78.4 Å². The Hall–Kier alpha value is -3.45. The molecule has 0 radical (unpaired) electrons. The molecule has 1 atom stereocenters. The van der Waals surface area contributed by atoms with Crippen LogP contribution in [0.3, 0.4) is 0 Å². The average molecular weight is 558 g/mol. The molecule has 1 saturated heterocycles. The summed E-state index contributed by atoms with van der Waals surface area (Å²) in [6.45, 7) is 1.73. The number of fused-ring (bicyclic) bond motifs is 1. The number of halogens is 1. The van der Waals surface area contributed by atoms with E-state index in [2.05, 4.69) is 15.2 Å². The highest BCUT2D eigenvalue weighted by atomic mass is 35.5. The predicted molar refractivity (Wildman–Crippen MR) is 157 cm³/mol. The predicted octanol–water partition coefficient (Wildman–Crippen LogP) is 5.95. The van der Waals surface area contributed by atoms with Crippen molar-refractivity contribution < 1.29 is 9.59 Å². The smallest absolute Gasteiger partial charge is 0.253 e. The summed E-state index contributed by atoms with van der Waals surface area (Å²) >= 11 is 6.24. The van der Waals surface area contributed by atoms with Crippen LogP contribution in [0, 0.1) is 0 Å². The SMILES string of the molecule is CN(C(=O)c1ccc2c(c1)[C@H](NC(=O)c1ccccc1Cl)CC2)C1CCN(c2ccnc(C3CCCC3)n2)CC1. The van der Waals surface area contributed by atoms with E-state index in [4.69, 9.17) is 16.6 Å². The van der Waals surface area contributed by atoms with Gasteiger partial charge >= 0.3 is 0 Å². The van der Waals surface area contributed by atoms with Crippen molar-refractivity contribution in [3.05, 3.63) is 87.8 Å². The Morgan fingerprint density at radius 3 is 2.55 bits per heavy atom. The van der Waals surface area contributed by atoms with Crippen LogP contribution in [0.1, 0.15) is 94.6 Å². The highest BCUT2D eigenvalue weighted by Crippen LogP contribution is 2.34. The number of carbonyl (C=O) groups excluding carboxylic acids is 2. The number of aromatic nitrogens is 2. The third kappa shape index (κ3) is 5.44. The fourth-order valence-electron chi connectivity index (χ4n) is 6.54. The molecule has 208 valence electrons. The van der Waals surface area contributed by atoms with Crippen LogP contribution in [-0.4, -0.2) is 52.9 Å². The highest BCUT2D eigenvalue weighted by Gasteiger charge is 2.30. The number of nitrogens with zero attached hydrogens (tertiary/aromatic N) is 4. The van der Waals surface area contributed by atoms with Gasteiger partial charge in [0.2, 0.25) is 0 Å². The van der Waals surface area contributed by atoms with Gasteiger partial charge in [0, 0.05) is 43.9 Å². The molecule has 2 heterocycles. The first-order valence-electron chi connectivity index (χ1n) is 14.5. The molecule has 1 aliphatic heterocycles. The molecular weight excluding hydrogens is 522 g/mol. The van der Waals surface area contributed by atoms with Crippen molar-refractivity contribution in [3.8, 4) is 0 Å². The Balaban J connectivity index is 1.09. The Labute approximate surface area is 241 Å². The molecule has 40 heavy (non-hydrogen) atoms. The molecule has 0 bridgehead atoms. The average Bonchev–Trinajstić information content (AvgIpc) is 3.67. The number of benzene rings is 2. The van der Waals surface area contributed by atoms with Gasteiger partial charge in [-0.3, -0.25) is 9.59 Å². The van der Waals surface area contributed by atoms with Gasteiger partial charge in [-0.2, -0.15) is 0 Å². The molecule has 2 aromatic carbocycles. The van der Waals surface area contributed by atoms with Crippen LogP contribution in [0.2, 0.25) is 5.02 Å². The number of aryl methyl sites for hydroxylation is 1. The van der Waals surface area contributed by atoms with E-state index in [1.165, 1.54) is 31.2 Å². The minimum atomic E-state index is -0.192. The fraction of sp³-hybridized carbons (Fsp3) is 0.438. The molecule has 0 spiro atoms. The first-order valence-corrected chi connectivity index (χ1v) is 14.9. The Morgan fingerprint density at radius 1 is 1.00 bits per heavy atom. The third-order valence-corrected chi connectivity index (χ3v) is 9.26. The van der Waals surface area contributed by atoms with Crippen molar-refractivity contribution in [2.45, 2.75) is 69.4 Å². The largest absolute Gasteiger partial charge is 0.356 e. The second-order valence-electron chi connectivity index (χ2n) is 11.3. The number of piperidine rings is 1. The molecule has 1 N–H and O–H groups in total. The summed E-state index contributed by atoms with van der Waals surface area (Å²) < 4.78 is 0. The Morgan fingerprint density at radius 2 is 1.77 bits per heavy atom. The number of rotatable bonds is 6. The zero-order valence-electron chi connectivity index (χ0n) is 23.0. The molecule has 3 aliphatic rings. The summed E-state index contributed by atoms with van der Waals surface area (Å²) in [5.41, 5.74) is 3.34. The number of nitrogens with one attached hydrogen (secondary N) is 1. The van der Waals surface area contributed by atoms with Crippen molar-refractivity contribution in [1.29, 1.82) is 0 Å². The summed E-state index contributed by atoms with van der Waals surface area (Å²) in [4.78, 5) is 40.2. The van der Waals surface area contributed by atoms with Gasteiger partial charge in [-0.05, 0) is 80.0 Å². The van der Waals surface area contributed by atoms with Crippen LogP contribution in [0.15, 0.2) is 54.7 Å². The van der Waals surface area contributed by atoms with E-state index in [0.717, 1.165) is 56.0 Å². The molecule has 7 nitrogen and oxygen atoms in total. The van der Waals surface area contributed by atoms with Gasteiger partial charge in [0.05, 0.1) is 16.6 Å². The van der Waals surface area contributed by atoms with Crippen molar-refractivity contribution >= 4 is 29.2 Å². The van der Waals surface area contributed by atoms with Crippen molar-refractivity contribution in [2.24, 2.45) is 0 Å². The number of carbonyl (C=O) groups is 2. The van der Waals surface area contributed by atoms with E-state index in [0.29, 0.717) is 22.1 Å². The lowest BCUT2D eigenvalue weighted by atomic mass is 10.00. The first kappa shape index (κ1) is 26.8. The van der Waals surface area contributed by atoms with Crippen LogP contribution in [-0.2, 0) is 6.42 Å². The van der Waals surface area contributed by atoms with E-state index in [-0.39, 0.29) is 23.9 Å². The molecule has 3 aromatic rings. The molecule has 1 saturated carbocycles. The molecular formula is C32H36ClN5O2. The maximum atomic E-state index is 13.6. The molecule has 8 heteroatoms. The van der Waals surface area contributed by atoms with Crippen LogP contribution in [0.25, 0.3) is 0 Å². The summed E-state index contributed by atoms with van der Waals surface area (Å²) in [6.07, 6.45) is 10.3. The van der Waals surface area contributed by atoms with E-state index in [1.807, 2.05) is 54.5 Å². The fourth-order valence-corrected chi connectivity index (χ4v) is 6.76. The number of anilines is 1. The Kier molecular flexibility index (Phi) is 7.74. The second kappa shape index (κ2) is 11.6. The molecule has 2 fully saturated rings. The maximum Gasteiger partial charge on any atom is 0.253 e. The zero-order chi connectivity index (χ0) is 27.6. The lowest BCUT2D eigenvalue weighted by Gasteiger charge is -2.37. The second-order valence-corrected chi connectivity index (χ2v) is 11.8. The van der Waals surface area contributed by atoms with Crippen LogP contribution in [0.5, 0.6) is 0 Å². The van der Waals surface area contributed by atoms with Crippen molar-refractivity contribution in [3.63, 3.8) is 0 Å². The van der Waals surface area contributed by atoms with E-state index < -0.39 is 0 Å². The molecule has 6 rings (SSSR count). The minimum absolute atomic E-state index is 0.0230. The molecule has 2 amide bonds. The van der Waals surface area contributed by atoms with Gasteiger partial charge in [0.25, 0.3) is 11.8 Å². The monoisotopic (exact) mass is 557 g/mol. The first-order chi connectivity index (χ1) is 19.5. The standard InChI is InChI=1S/C32H36ClN5O2/c1-37(24-15-18-38(19-16-24)29-14-17-34-30(36-29)22-6-2-3-7-22)32(40)23-11-10-21-12-13-28(26(21)20-23)35-31(39)25-8-4-5-9-27(25)33/h4-5,8-11,14,17,20,22,24,28H,2-3,6-7,12-13,15-16,18-19H2,1H3,(H,35,39)/t28-/m1/s1. The number of hydrogen-bond donors (Lipinski definition) is 1. The van der Waals surface area contributed by atoms with Crippen molar-refractivity contribution in [2.75, 3.05) is 25.0 Å². The minimum Gasteiger partial charge on any atom is -0.356 e. The molecule has 2 aliphatic carbocycles. The van der Waals surface area contributed by atoms with E-state index in [1.54, 1.807) is 12.1 Å². The van der Waals surface area contributed by atoms with Gasteiger partial charge < -0.3 is 15.1 Å². The van der Waals surface area contributed by atoms with Gasteiger partial charge in [0.15, 0.2) is 0 Å². The normalized spacial score (nSPS) is 19.4. The van der Waals surface area contributed by atoms with Gasteiger partial charge in [-0.15, -0.1) is 0 Å². The maximum absolute atomic E-state index is 13.6. The Bertz CT molecular complexity index is 1400. The van der Waals surface area contributed by atoms with Crippen LogP contribution in [0.4, 0.5) is 5.82 Å². The van der Waals surface area contributed by atoms with Gasteiger partial charge in [0.1, 0.15) is 11.6 Å². The van der Waals surface area contributed by atoms with Crippen molar-refractivity contribution in [1.82, 2.24) is 20.2 Å². The molecule has 0 unspecified atom stereocenters. The highest BCUT2D eigenvalue weighted by molar-refractivity contribution is 6.33. The quantitative estimate of drug-likeness (QED) is 0.405. The summed E-state index contributed by atoms with van der Waals surface area (Å²) in [6, 6.07) is 15.1. The number of hydrogen-bond acceptors (Lipinski definition) is 5.